The van der Waals surface area contributed by atoms with E-state index < -0.39 is 0 Å². The average Bonchev–Trinajstić information content (AvgIpc) is 3.07. The molecule has 94 valence electrons. The molecule has 5 nitrogen and oxygen atoms in total. The summed E-state index contributed by atoms with van der Waals surface area (Å²) in [4.78, 5) is 8.33. The van der Waals surface area contributed by atoms with Crippen LogP contribution in [0.2, 0.25) is 10.0 Å². The van der Waals surface area contributed by atoms with Crippen molar-refractivity contribution in [2.24, 2.45) is 11.7 Å². The van der Waals surface area contributed by atoms with Gasteiger partial charge in [0.2, 0.25) is 11.7 Å². The standard InChI is InChI=1S/C11H10Cl2N4O/c12-6-3-7(13)9(15-4-6)10-16-11(18-17-10)8(14)5-1-2-5/h3-5,8H,1-2,14H2. The third-order valence-corrected chi connectivity index (χ3v) is 3.37. The summed E-state index contributed by atoms with van der Waals surface area (Å²) in [6.45, 7) is 0. The van der Waals surface area contributed by atoms with E-state index in [1.807, 2.05) is 0 Å². The van der Waals surface area contributed by atoms with E-state index in [9.17, 15) is 0 Å². The zero-order chi connectivity index (χ0) is 12.7. The Kier molecular flexibility index (Phi) is 2.97. The van der Waals surface area contributed by atoms with Gasteiger partial charge >= 0.3 is 0 Å². The monoisotopic (exact) mass is 284 g/mol. The molecule has 0 saturated heterocycles. The van der Waals surface area contributed by atoms with E-state index >= 15 is 0 Å². The number of halogens is 2. The molecule has 0 radical (unpaired) electrons. The van der Waals surface area contributed by atoms with Crippen LogP contribution in [0, 0.1) is 5.92 Å². The molecule has 2 N–H and O–H groups in total. The van der Waals surface area contributed by atoms with Crippen molar-refractivity contribution in [1.82, 2.24) is 15.1 Å². The van der Waals surface area contributed by atoms with Gasteiger partial charge in [0.1, 0.15) is 5.69 Å². The molecular weight excluding hydrogens is 275 g/mol. The van der Waals surface area contributed by atoms with Crippen LogP contribution in [0.4, 0.5) is 0 Å². The number of hydrogen-bond acceptors (Lipinski definition) is 5. The van der Waals surface area contributed by atoms with Gasteiger partial charge in [0, 0.05) is 6.20 Å². The van der Waals surface area contributed by atoms with Crippen molar-refractivity contribution in [1.29, 1.82) is 0 Å². The fourth-order valence-electron chi connectivity index (χ4n) is 1.70. The molecule has 2 aromatic rings. The van der Waals surface area contributed by atoms with Crippen molar-refractivity contribution >= 4 is 23.2 Å². The summed E-state index contributed by atoms with van der Waals surface area (Å²) in [7, 11) is 0. The summed E-state index contributed by atoms with van der Waals surface area (Å²) >= 11 is 11.8. The third-order valence-electron chi connectivity index (χ3n) is 2.88. The van der Waals surface area contributed by atoms with E-state index in [1.165, 1.54) is 6.20 Å². The van der Waals surface area contributed by atoms with Gasteiger partial charge < -0.3 is 10.3 Å². The summed E-state index contributed by atoms with van der Waals surface area (Å²) < 4.78 is 5.15. The van der Waals surface area contributed by atoms with E-state index in [4.69, 9.17) is 33.5 Å². The van der Waals surface area contributed by atoms with Crippen molar-refractivity contribution < 1.29 is 4.52 Å². The number of rotatable bonds is 3. The Bertz CT molecular complexity index is 582. The Morgan fingerprint density at radius 1 is 1.39 bits per heavy atom. The quantitative estimate of drug-likeness (QED) is 0.938. The maximum atomic E-state index is 6.03. The second-order valence-electron chi connectivity index (χ2n) is 4.30. The highest BCUT2D eigenvalue weighted by Gasteiger charge is 2.33. The first-order valence-corrected chi connectivity index (χ1v) is 6.31. The Morgan fingerprint density at radius 2 is 2.17 bits per heavy atom. The first-order valence-electron chi connectivity index (χ1n) is 5.56. The van der Waals surface area contributed by atoms with Crippen LogP contribution < -0.4 is 5.73 Å². The molecule has 7 heteroatoms. The third kappa shape index (κ3) is 2.21. The largest absolute Gasteiger partial charge is 0.337 e. The molecule has 0 bridgehead atoms. The van der Waals surface area contributed by atoms with Gasteiger partial charge in [-0.3, -0.25) is 0 Å². The van der Waals surface area contributed by atoms with Crippen LogP contribution in [0.3, 0.4) is 0 Å². The molecule has 2 heterocycles. The number of hydrogen-bond donors (Lipinski definition) is 1. The molecule has 1 unspecified atom stereocenters. The van der Waals surface area contributed by atoms with Gasteiger partial charge in [-0.15, -0.1) is 0 Å². The van der Waals surface area contributed by atoms with Gasteiger partial charge in [-0.2, -0.15) is 4.98 Å². The second-order valence-corrected chi connectivity index (χ2v) is 5.15. The lowest BCUT2D eigenvalue weighted by Crippen LogP contribution is -2.12. The molecule has 1 atom stereocenters. The maximum Gasteiger partial charge on any atom is 0.244 e. The maximum absolute atomic E-state index is 6.03. The van der Waals surface area contributed by atoms with Gasteiger partial charge in [0.15, 0.2) is 0 Å². The number of aromatic nitrogens is 3. The van der Waals surface area contributed by atoms with Crippen LogP contribution in [0.25, 0.3) is 11.5 Å². The van der Waals surface area contributed by atoms with Crippen LogP contribution in [-0.4, -0.2) is 15.1 Å². The molecule has 3 rings (SSSR count). The average molecular weight is 285 g/mol. The fourth-order valence-corrected chi connectivity index (χ4v) is 2.17. The SMILES string of the molecule is NC(c1nc(-c2ncc(Cl)cc2Cl)no1)C1CC1. The molecule has 18 heavy (non-hydrogen) atoms. The van der Waals surface area contributed by atoms with Gasteiger partial charge in [-0.05, 0) is 24.8 Å². The van der Waals surface area contributed by atoms with Crippen molar-refractivity contribution in [3.8, 4) is 11.5 Å². The molecule has 0 spiro atoms. The number of nitrogens with zero attached hydrogens (tertiary/aromatic N) is 3. The summed E-state index contributed by atoms with van der Waals surface area (Å²) in [6.07, 6.45) is 3.71. The van der Waals surface area contributed by atoms with Gasteiger partial charge in [0.25, 0.3) is 0 Å². The summed E-state index contributed by atoms with van der Waals surface area (Å²) in [5, 5.41) is 4.70. The van der Waals surface area contributed by atoms with Crippen LogP contribution in [0.1, 0.15) is 24.8 Å². The topological polar surface area (TPSA) is 77.8 Å². The predicted octanol–water partition coefficient (Wildman–Crippen LogP) is 2.85. The first-order chi connectivity index (χ1) is 8.65. The highest BCUT2D eigenvalue weighted by Crippen LogP contribution is 2.39. The summed E-state index contributed by atoms with van der Waals surface area (Å²) in [5.74, 6) is 1.22. The lowest BCUT2D eigenvalue weighted by atomic mass is 10.2. The molecule has 0 amide bonds. The molecule has 2 aromatic heterocycles. The molecule has 1 fully saturated rings. The molecule has 1 saturated carbocycles. The molecule has 0 aromatic carbocycles. The molecule has 0 aliphatic heterocycles. The molecule has 1 aliphatic carbocycles. The Hall–Kier alpha value is -1.17. The van der Waals surface area contributed by atoms with Crippen molar-refractivity contribution in [2.75, 3.05) is 0 Å². The van der Waals surface area contributed by atoms with E-state index in [2.05, 4.69) is 15.1 Å². The van der Waals surface area contributed by atoms with Crippen LogP contribution in [0.15, 0.2) is 16.8 Å². The van der Waals surface area contributed by atoms with Crippen molar-refractivity contribution in [3.63, 3.8) is 0 Å². The minimum Gasteiger partial charge on any atom is -0.337 e. The highest BCUT2D eigenvalue weighted by molar-refractivity contribution is 6.35. The normalized spacial score (nSPS) is 16.8. The van der Waals surface area contributed by atoms with Gasteiger partial charge in [-0.25, -0.2) is 4.98 Å². The van der Waals surface area contributed by atoms with E-state index in [-0.39, 0.29) is 6.04 Å². The van der Waals surface area contributed by atoms with Crippen LogP contribution in [-0.2, 0) is 0 Å². The van der Waals surface area contributed by atoms with E-state index in [0.717, 1.165) is 12.8 Å². The Labute approximate surface area is 113 Å². The summed E-state index contributed by atoms with van der Waals surface area (Å²) in [6, 6.07) is 1.39. The predicted molar refractivity (Wildman–Crippen MR) is 67.2 cm³/mol. The Balaban J connectivity index is 1.92. The fraction of sp³-hybridized carbons (Fsp3) is 0.364. The number of pyridine rings is 1. The highest BCUT2D eigenvalue weighted by atomic mass is 35.5. The van der Waals surface area contributed by atoms with Crippen molar-refractivity contribution in [3.05, 3.63) is 28.2 Å². The lowest BCUT2D eigenvalue weighted by Gasteiger charge is -2.01. The van der Waals surface area contributed by atoms with Crippen molar-refractivity contribution in [2.45, 2.75) is 18.9 Å². The van der Waals surface area contributed by atoms with E-state index in [0.29, 0.717) is 33.4 Å². The van der Waals surface area contributed by atoms with Gasteiger partial charge in [0.05, 0.1) is 16.1 Å². The molecular formula is C11H10Cl2N4O. The smallest absolute Gasteiger partial charge is 0.244 e. The Morgan fingerprint density at radius 3 is 2.83 bits per heavy atom. The van der Waals surface area contributed by atoms with Crippen LogP contribution >= 0.6 is 23.2 Å². The van der Waals surface area contributed by atoms with Crippen LogP contribution in [0.5, 0.6) is 0 Å². The zero-order valence-electron chi connectivity index (χ0n) is 9.31. The van der Waals surface area contributed by atoms with E-state index in [1.54, 1.807) is 6.07 Å². The first kappa shape index (κ1) is 11.9. The minimum absolute atomic E-state index is 0.197. The zero-order valence-corrected chi connectivity index (χ0v) is 10.8. The minimum atomic E-state index is -0.197. The lowest BCUT2D eigenvalue weighted by molar-refractivity contribution is 0.343. The molecule has 1 aliphatic rings. The summed E-state index contributed by atoms with van der Waals surface area (Å²) in [5.41, 5.74) is 6.43. The second kappa shape index (κ2) is 4.50. The number of nitrogens with two attached hydrogens (primary N) is 1. The van der Waals surface area contributed by atoms with Gasteiger partial charge in [-0.1, -0.05) is 28.4 Å².